The molecule has 0 bridgehead atoms. The number of carbonyl (C=O) groups is 2. The van der Waals surface area contributed by atoms with Gasteiger partial charge in [0.2, 0.25) is 5.91 Å². The highest BCUT2D eigenvalue weighted by Gasteiger charge is 2.28. The summed E-state index contributed by atoms with van der Waals surface area (Å²) in [7, 11) is 0. The molecular weight excluding hydrogens is 246 g/mol. The van der Waals surface area contributed by atoms with Gasteiger partial charge in [0.15, 0.2) is 0 Å². The molecule has 1 saturated heterocycles. The molecule has 1 aliphatic rings. The maximum Gasteiger partial charge on any atom is 0.306 e. The summed E-state index contributed by atoms with van der Waals surface area (Å²) in [6.45, 7) is 6.16. The standard InChI is InChI=1S/C14H25NO4/c1-9(14(17)18)5-4-6-10(2)15-13(16)12-7-11(3)19-8-12/h9-12H,4-8H2,1-3H3,(H,15,16)(H,17,18). The van der Waals surface area contributed by atoms with Crippen LogP contribution in [0.4, 0.5) is 0 Å². The van der Waals surface area contributed by atoms with Crippen LogP contribution in [0.25, 0.3) is 0 Å². The molecular formula is C14H25NO4. The largest absolute Gasteiger partial charge is 0.481 e. The first-order valence-electron chi connectivity index (χ1n) is 7.05. The molecule has 19 heavy (non-hydrogen) atoms. The van der Waals surface area contributed by atoms with Crippen molar-refractivity contribution in [2.45, 2.75) is 58.6 Å². The van der Waals surface area contributed by atoms with E-state index in [1.807, 2.05) is 13.8 Å². The molecule has 1 fully saturated rings. The minimum atomic E-state index is -0.756. The Morgan fingerprint density at radius 2 is 2.05 bits per heavy atom. The zero-order valence-electron chi connectivity index (χ0n) is 12.0. The highest BCUT2D eigenvalue weighted by atomic mass is 16.5. The van der Waals surface area contributed by atoms with Crippen molar-refractivity contribution >= 4 is 11.9 Å². The monoisotopic (exact) mass is 271 g/mol. The molecule has 0 aromatic heterocycles. The van der Waals surface area contributed by atoms with Crippen LogP contribution in [0.2, 0.25) is 0 Å². The van der Waals surface area contributed by atoms with Crippen LogP contribution in [0.5, 0.6) is 0 Å². The first kappa shape index (κ1) is 16.0. The number of carboxylic acid groups (broad SMARTS) is 1. The Labute approximate surface area is 114 Å². The van der Waals surface area contributed by atoms with Gasteiger partial charge in [-0.05, 0) is 33.1 Å². The number of nitrogens with one attached hydrogen (secondary N) is 1. The molecule has 0 aliphatic carbocycles. The third-order valence-electron chi connectivity index (χ3n) is 3.65. The fourth-order valence-corrected chi connectivity index (χ4v) is 2.29. The van der Waals surface area contributed by atoms with E-state index in [0.717, 1.165) is 19.3 Å². The predicted octanol–water partition coefficient (Wildman–Crippen LogP) is 1.81. The summed E-state index contributed by atoms with van der Waals surface area (Å²) in [5.41, 5.74) is 0. The van der Waals surface area contributed by atoms with Gasteiger partial charge in [-0.2, -0.15) is 0 Å². The Balaban J connectivity index is 2.18. The zero-order valence-corrected chi connectivity index (χ0v) is 12.0. The SMILES string of the molecule is CC(CCCC(C)C(=O)O)NC(=O)C1COC(C)C1. The minimum absolute atomic E-state index is 0.0320. The third kappa shape index (κ3) is 5.59. The molecule has 4 unspecified atom stereocenters. The number of amides is 1. The lowest BCUT2D eigenvalue weighted by molar-refractivity contribution is -0.141. The minimum Gasteiger partial charge on any atom is -0.481 e. The van der Waals surface area contributed by atoms with Crippen LogP contribution in [-0.2, 0) is 14.3 Å². The number of carboxylic acids is 1. The lowest BCUT2D eigenvalue weighted by Gasteiger charge is -2.16. The van der Waals surface area contributed by atoms with Crippen LogP contribution in [0.3, 0.4) is 0 Å². The van der Waals surface area contributed by atoms with Crippen molar-refractivity contribution in [1.82, 2.24) is 5.32 Å². The van der Waals surface area contributed by atoms with E-state index in [-0.39, 0.29) is 29.9 Å². The number of rotatable bonds is 7. The zero-order chi connectivity index (χ0) is 14.4. The number of hydrogen-bond donors (Lipinski definition) is 2. The highest BCUT2D eigenvalue weighted by Crippen LogP contribution is 2.19. The molecule has 110 valence electrons. The Kier molecular flexibility index (Phi) is 6.28. The Bertz CT molecular complexity index is 319. The maximum absolute atomic E-state index is 11.9. The van der Waals surface area contributed by atoms with Gasteiger partial charge >= 0.3 is 5.97 Å². The number of hydrogen-bond acceptors (Lipinski definition) is 3. The third-order valence-corrected chi connectivity index (χ3v) is 3.65. The van der Waals surface area contributed by atoms with Gasteiger partial charge in [-0.3, -0.25) is 9.59 Å². The lowest BCUT2D eigenvalue weighted by atomic mass is 10.0. The van der Waals surface area contributed by atoms with Gasteiger partial charge in [-0.15, -0.1) is 0 Å². The van der Waals surface area contributed by atoms with Gasteiger partial charge in [0.25, 0.3) is 0 Å². The number of aliphatic carboxylic acids is 1. The van der Waals surface area contributed by atoms with Crippen LogP contribution in [0.15, 0.2) is 0 Å². The van der Waals surface area contributed by atoms with Gasteiger partial charge < -0.3 is 15.2 Å². The molecule has 4 atom stereocenters. The topological polar surface area (TPSA) is 75.6 Å². The molecule has 1 aliphatic heterocycles. The van der Waals surface area contributed by atoms with Gasteiger partial charge in [-0.1, -0.05) is 13.3 Å². The summed E-state index contributed by atoms with van der Waals surface area (Å²) >= 11 is 0. The van der Waals surface area contributed by atoms with Crippen LogP contribution in [0, 0.1) is 11.8 Å². The lowest BCUT2D eigenvalue weighted by Crippen LogP contribution is -2.37. The number of carbonyl (C=O) groups excluding carboxylic acids is 1. The van der Waals surface area contributed by atoms with Crippen molar-refractivity contribution in [2.24, 2.45) is 11.8 Å². The molecule has 5 nitrogen and oxygen atoms in total. The molecule has 0 saturated carbocycles. The van der Waals surface area contributed by atoms with Gasteiger partial charge in [0, 0.05) is 6.04 Å². The van der Waals surface area contributed by atoms with Crippen LogP contribution >= 0.6 is 0 Å². The highest BCUT2D eigenvalue weighted by molar-refractivity contribution is 5.79. The van der Waals surface area contributed by atoms with E-state index < -0.39 is 5.97 Å². The van der Waals surface area contributed by atoms with E-state index in [2.05, 4.69) is 5.32 Å². The van der Waals surface area contributed by atoms with Gasteiger partial charge in [-0.25, -0.2) is 0 Å². The Morgan fingerprint density at radius 3 is 2.58 bits per heavy atom. The van der Waals surface area contributed by atoms with E-state index >= 15 is 0 Å². The van der Waals surface area contributed by atoms with Gasteiger partial charge in [0.1, 0.15) is 0 Å². The number of ether oxygens (including phenoxy) is 1. The van der Waals surface area contributed by atoms with E-state index in [1.165, 1.54) is 0 Å². The molecule has 5 heteroatoms. The quantitative estimate of drug-likeness (QED) is 0.740. The molecule has 2 N–H and O–H groups in total. The van der Waals surface area contributed by atoms with Gasteiger partial charge in [0.05, 0.1) is 24.5 Å². The second-order valence-electron chi connectivity index (χ2n) is 5.66. The summed E-state index contributed by atoms with van der Waals surface area (Å²) in [6, 6.07) is 0.0874. The van der Waals surface area contributed by atoms with E-state index in [1.54, 1.807) is 6.92 Å². The first-order valence-corrected chi connectivity index (χ1v) is 7.05. The maximum atomic E-state index is 11.9. The summed E-state index contributed by atoms with van der Waals surface area (Å²) in [6.07, 6.45) is 3.23. The summed E-state index contributed by atoms with van der Waals surface area (Å²) in [4.78, 5) is 22.6. The normalized spacial score (nSPS) is 25.8. The van der Waals surface area contributed by atoms with E-state index in [4.69, 9.17) is 9.84 Å². The first-order chi connectivity index (χ1) is 8.90. The summed E-state index contributed by atoms with van der Waals surface area (Å²) in [5, 5.41) is 11.8. The molecule has 0 spiro atoms. The molecule has 0 radical (unpaired) electrons. The smallest absolute Gasteiger partial charge is 0.306 e. The average molecular weight is 271 g/mol. The van der Waals surface area contributed by atoms with E-state index in [0.29, 0.717) is 13.0 Å². The second-order valence-corrected chi connectivity index (χ2v) is 5.66. The molecule has 1 amide bonds. The molecule has 1 heterocycles. The summed E-state index contributed by atoms with van der Waals surface area (Å²) < 4.78 is 5.38. The fraction of sp³-hybridized carbons (Fsp3) is 0.857. The van der Waals surface area contributed by atoms with E-state index in [9.17, 15) is 9.59 Å². The molecule has 1 rings (SSSR count). The average Bonchev–Trinajstić information content (AvgIpc) is 2.75. The predicted molar refractivity (Wildman–Crippen MR) is 71.8 cm³/mol. The fourth-order valence-electron chi connectivity index (χ4n) is 2.29. The molecule has 0 aromatic rings. The van der Waals surface area contributed by atoms with Crippen LogP contribution in [-0.4, -0.2) is 35.7 Å². The van der Waals surface area contributed by atoms with Crippen molar-refractivity contribution < 1.29 is 19.4 Å². The van der Waals surface area contributed by atoms with Crippen molar-refractivity contribution in [3.05, 3.63) is 0 Å². The Hall–Kier alpha value is -1.10. The Morgan fingerprint density at radius 1 is 1.37 bits per heavy atom. The van der Waals surface area contributed by atoms with Crippen molar-refractivity contribution in [3.8, 4) is 0 Å². The van der Waals surface area contributed by atoms with Crippen molar-refractivity contribution in [2.75, 3.05) is 6.61 Å². The molecule has 0 aromatic carbocycles. The van der Waals surface area contributed by atoms with Crippen LogP contribution in [0.1, 0.15) is 46.5 Å². The van der Waals surface area contributed by atoms with Crippen molar-refractivity contribution in [1.29, 1.82) is 0 Å². The van der Waals surface area contributed by atoms with Crippen LogP contribution < -0.4 is 5.32 Å². The second kappa shape index (κ2) is 7.48. The van der Waals surface area contributed by atoms with Crippen molar-refractivity contribution in [3.63, 3.8) is 0 Å². The summed E-state index contributed by atoms with van der Waals surface area (Å²) in [5.74, 6) is -1.04.